The first-order valence-corrected chi connectivity index (χ1v) is 6.53. The molecule has 0 aromatic carbocycles. The fourth-order valence-electron chi connectivity index (χ4n) is 2.56. The predicted octanol–water partition coefficient (Wildman–Crippen LogP) is 1.28. The number of ether oxygens (including phenoxy) is 2. The Kier molecular flexibility index (Phi) is 3.23. The van der Waals surface area contributed by atoms with Crippen LogP contribution < -0.4 is 15.0 Å². The van der Waals surface area contributed by atoms with E-state index in [2.05, 4.69) is 15.2 Å². The maximum absolute atomic E-state index is 5.41. The largest absolute Gasteiger partial charge is 0.481 e. The van der Waals surface area contributed by atoms with Crippen LogP contribution in [0.15, 0.2) is 6.07 Å². The van der Waals surface area contributed by atoms with Crippen molar-refractivity contribution in [3.05, 3.63) is 11.8 Å². The van der Waals surface area contributed by atoms with Gasteiger partial charge in [-0.3, -0.25) is 0 Å². The van der Waals surface area contributed by atoms with Crippen molar-refractivity contribution in [2.24, 2.45) is 0 Å². The molecule has 5 heteroatoms. The summed E-state index contributed by atoms with van der Waals surface area (Å²) >= 11 is 0. The highest BCUT2D eigenvalue weighted by Gasteiger charge is 2.21. The number of aromatic nitrogens is 1. The maximum atomic E-state index is 5.41. The topological polar surface area (TPSA) is 46.6 Å². The number of aryl methyl sites for hydroxylation is 1. The molecule has 3 rings (SSSR count). The van der Waals surface area contributed by atoms with E-state index in [9.17, 15) is 0 Å². The lowest BCUT2D eigenvalue weighted by Gasteiger charge is -2.32. The minimum atomic E-state index is 0.707. The Morgan fingerprint density at radius 3 is 3.00 bits per heavy atom. The molecular weight excluding hydrogens is 230 g/mol. The Balaban J connectivity index is 1.99. The third-order valence-corrected chi connectivity index (χ3v) is 3.50. The molecule has 0 unspecified atom stereocenters. The van der Waals surface area contributed by atoms with Crippen LogP contribution in [0.3, 0.4) is 0 Å². The number of methoxy groups -OCH3 is 1. The second-order valence-corrected chi connectivity index (χ2v) is 4.64. The molecule has 1 aromatic rings. The molecule has 0 aliphatic carbocycles. The SMILES string of the molecule is COc1cc(N2CCOCC2)c2c(n1)CCCN2. The Bertz CT molecular complexity index is 430. The molecule has 3 heterocycles. The van der Waals surface area contributed by atoms with E-state index in [4.69, 9.17) is 9.47 Å². The molecule has 5 nitrogen and oxygen atoms in total. The maximum Gasteiger partial charge on any atom is 0.215 e. The Labute approximate surface area is 107 Å². The first-order valence-electron chi connectivity index (χ1n) is 6.53. The number of fused-ring (bicyclic) bond motifs is 1. The minimum Gasteiger partial charge on any atom is -0.481 e. The van der Waals surface area contributed by atoms with Gasteiger partial charge < -0.3 is 19.7 Å². The number of rotatable bonds is 2. The highest BCUT2D eigenvalue weighted by atomic mass is 16.5. The lowest BCUT2D eigenvalue weighted by molar-refractivity contribution is 0.122. The van der Waals surface area contributed by atoms with E-state index in [-0.39, 0.29) is 0 Å². The summed E-state index contributed by atoms with van der Waals surface area (Å²) < 4.78 is 10.7. The van der Waals surface area contributed by atoms with Crippen LogP contribution in [-0.2, 0) is 11.2 Å². The number of pyridine rings is 1. The Hall–Kier alpha value is -1.49. The number of morpholine rings is 1. The molecule has 0 atom stereocenters. The normalized spacial score (nSPS) is 19.1. The molecule has 98 valence electrons. The van der Waals surface area contributed by atoms with Gasteiger partial charge in [-0.05, 0) is 12.8 Å². The Morgan fingerprint density at radius 1 is 1.39 bits per heavy atom. The lowest BCUT2D eigenvalue weighted by Crippen LogP contribution is -2.37. The highest BCUT2D eigenvalue weighted by Crippen LogP contribution is 2.35. The molecular formula is C13H19N3O2. The van der Waals surface area contributed by atoms with Crippen molar-refractivity contribution < 1.29 is 9.47 Å². The Morgan fingerprint density at radius 2 is 2.22 bits per heavy atom. The van der Waals surface area contributed by atoms with Crippen molar-refractivity contribution >= 4 is 11.4 Å². The van der Waals surface area contributed by atoms with Crippen LogP contribution in [0.25, 0.3) is 0 Å². The molecule has 0 amide bonds. The lowest BCUT2D eigenvalue weighted by atomic mass is 10.1. The van der Waals surface area contributed by atoms with E-state index in [0.29, 0.717) is 5.88 Å². The van der Waals surface area contributed by atoms with Gasteiger partial charge in [0.15, 0.2) is 0 Å². The van der Waals surface area contributed by atoms with Gasteiger partial charge in [-0.25, -0.2) is 4.98 Å². The quantitative estimate of drug-likeness (QED) is 0.855. The summed E-state index contributed by atoms with van der Waals surface area (Å²) in [6.07, 6.45) is 2.16. The van der Waals surface area contributed by atoms with Gasteiger partial charge in [0.2, 0.25) is 5.88 Å². The van der Waals surface area contributed by atoms with Gasteiger partial charge in [0.05, 0.1) is 37.4 Å². The van der Waals surface area contributed by atoms with Gasteiger partial charge in [-0.15, -0.1) is 0 Å². The van der Waals surface area contributed by atoms with Crippen LogP contribution in [0.4, 0.5) is 11.4 Å². The first kappa shape index (κ1) is 11.6. The van der Waals surface area contributed by atoms with E-state index >= 15 is 0 Å². The molecule has 0 spiro atoms. The molecule has 1 aromatic heterocycles. The van der Waals surface area contributed by atoms with Crippen LogP contribution >= 0.6 is 0 Å². The van der Waals surface area contributed by atoms with Crippen LogP contribution in [0.1, 0.15) is 12.1 Å². The van der Waals surface area contributed by atoms with Gasteiger partial charge in [0, 0.05) is 25.7 Å². The van der Waals surface area contributed by atoms with Gasteiger partial charge in [0.25, 0.3) is 0 Å². The number of nitrogens with zero attached hydrogens (tertiary/aromatic N) is 2. The van der Waals surface area contributed by atoms with Crippen LogP contribution in [0.2, 0.25) is 0 Å². The third-order valence-electron chi connectivity index (χ3n) is 3.50. The van der Waals surface area contributed by atoms with Crippen molar-refractivity contribution in [2.45, 2.75) is 12.8 Å². The summed E-state index contributed by atoms with van der Waals surface area (Å²) in [5, 5.41) is 3.48. The zero-order valence-corrected chi connectivity index (χ0v) is 10.7. The predicted molar refractivity (Wildman–Crippen MR) is 70.6 cm³/mol. The van der Waals surface area contributed by atoms with E-state index in [1.807, 2.05) is 6.07 Å². The molecule has 2 aliphatic heterocycles. The fourth-order valence-corrected chi connectivity index (χ4v) is 2.56. The summed E-state index contributed by atoms with van der Waals surface area (Å²) in [4.78, 5) is 6.90. The van der Waals surface area contributed by atoms with Gasteiger partial charge in [0.1, 0.15) is 0 Å². The van der Waals surface area contributed by atoms with Crippen molar-refractivity contribution in [1.82, 2.24) is 4.98 Å². The van der Waals surface area contributed by atoms with E-state index in [1.54, 1.807) is 7.11 Å². The van der Waals surface area contributed by atoms with Crippen LogP contribution in [-0.4, -0.2) is 44.9 Å². The standard InChI is InChI=1S/C13H19N3O2/c1-17-12-9-11(16-5-7-18-8-6-16)13-10(15-12)3-2-4-14-13/h9,14H,2-8H2,1H3. The van der Waals surface area contributed by atoms with Crippen molar-refractivity contribution in [3.63, 3.8) is 0 Å². The molecule has 18 heavy (non-hydrogen) atoms. The summed E-state index contributed by atoms with van der Waals surface area (Å²) in [6.45, 7) is 4.47. The average Bonchev–Trinajstić information content (AvgIpc) is 2.47. The van der Waals surface area contributed by atoms with E-state index < -0.39 is 0 Å². The fraction of sp³-hybridized carbons (Fsp3) is 0.615. The molecule has 1 fully saturated rings. The first-order chi connectivity index (χ1) is 8.88. The second-order valence-electron chi connectivity index (χ2n) is 4.64. The molecule has 1 saturated heterocycles. The molecule has 1 N–H and O–H groups in total. The van der Waals surface area contributed by atoms with Gasteiger partial charge in [-0.2, -0.15) is 0 Å². The number of hydrogen-bond donors (Lipinski definition) is 1. The smallest absolute Gasteiger partial charge is 0.215 e. The van der Waals surface area contributed by atoms with Crippen LogP contribution in [0, 0.1) is 0 Å². The second kappa shape index (κ2) is 5.02. The number of anilines is 2. The zero-order valence-electron chi connectivity index (χ0n) is 10.7. The highest BCUT2D eigenvalue weighted by molar-refractivity contribution is 5.74. The molecule has 0 bridgehead atoms. The monoisotopic (exact) mass is 249 g/mol. The molecule has 0 radical (unpaired) electrons. The van der Waals surface area contributed by atoms with Crippen molar-refractivity contribution in [1.29, 1.82) is 0 Å². The molecule has 2 aliphatic rings. The average molecular weight is 249 g/mol. The minimum absolute atomic E-state index is 0.707. The summed E-state index contributed by atoms with van der Waals surface area (Å²) in [5.74, 6) is 0.707. The number of hydrogen-bond acceptors (Lipinski definition) is 5. The molecule has 0 saturated carbocycles. The summed E-state index contributed by atoms with van der Waals surface area (Å²) in [5.41, 5.74) is 3.52. The summed E-state index contributed by atoms with van der Waals surface area (Å²) in [7, 11) is 1.67. The number of nitrogens with one attached hydrogen (secondary N) is 1. The van der Waals surface area contributed by atoms with Gasteiger partial charge >= 0.3 is 0 Å². The summed E-state index contributed by atoms with van der Waals surface area (Å²) in [6, 6.07) is 2.03. The van der Waals surface area contributed by atoms with Crippen molar-refractivity contribution in [3.8, 4) is 5.88 Å². The zero-order chi connectivity index (χ0) is 12.4. The van der Waals surface area contributed by atoms with E-state index in [1.165, 1.54) is 11.4 Å². The van der Waals surface area contributed by atoms with Crippen molar-refractivity contribution in [2.75, 3.05) is 50.2 Å². The van der Waals surface area contributed by atoms with Gasteiger partial charge in [-0.1, -0.05) is 0 Å². The van der Waals surface area contributed by atoms with Crippen LogP contribution in [0.5, 0.6) is 5.88 Å². The third kappa shape index (κ3) is 2.10. The van der Waals surface area contributed by atoms with E-state index in [0.717, 1.165) is 51.4 Å².